The first-order valence-corrected chi connectivity index (χ1v) is 7.72. The Kier molecular flexibility index (Phi) is 4.92. The number of fused-ring (bicyclic) bond motifs is 1. The van der Waals surface area contributed by atoms with Crippen molar-refractivity contribution in [3.8, 4) is 0 Å². The summed E-state index contributed by atoms with van der Waals surface area (Å²) in [6.45, 7) is 3.72. The summed E-state index contributed by atoms with van der Waals surface area (Å²) in [5, 5.41) is 11.6. The minimum Gasteiger partial charge on any atom is -0.481 e. The summed E-state index contributed by atoms with van der Waals surface area (Å²) in [6.07, 6.45) is 1.64. The molecule has 0 aromatic carbocycles. The van der Waals surface area contributed by atoms with Gasteiger partial charge in [-0.05, 0) is 19.4 Å². The Bertz CT molecular complexity index is 765. The number of carboxylic acids is 1. The van der Waals surface area contributed by atoms with Crippen LogP contribution in [0.15, 0.2) is 17.2 Å². The molecule has 8 heteroatoms. The van der Waals surface area contributed by atoms with E-state index >= 15 is 0 Å². The lowest BCUT2D eigenvalue weighted by molar-refractivity contribution is -0.137. The second-order valence-corrected chi connectivity index (χ2v) is 6.13. The second-order valence-electron chi connectivity index (χ2n) is 4.89. The van der Waals surface area contributed by atoms with E-state index in [4.69, 9.17) is 5.11 Å². The third-order valence-corrected chi connectivity index (χ3v) is 4.22. The molecule has 0 spiro atoms. The summed E-state index contributed by atoms with van der Waals surface area (Å²) in [4.78, 5) is 41.0. The lowest BCUT2D eigenvalue weighted by Crippen LogP contribution is -2.37. The van der Waals surface area contributed by atoms with Gasteiger partial charge in [0, 0.05) is 11.4 Å². The highest BCUT2D eigenvalue weighted by Gasteiger charge is 2.21. The van der Waals surface area contributed by atoms with Gasteiger partial charge in [0.15, 0.2) is 0 Å². The van der Waals surface area contributed by atoms with Crippen LogP contribution < -0.4 is 10.9 Å². The van der Waals surface area contributed by atoms with Gasteiger partial charge in [0.1, 0.15) is 10.9 Å². The molecule has 1 amide bonds. The van der Waals surface area contributed by atoms with Gasteiger partial charge in [-0.3, -0.25) is 19.0 Å². The summed E-state index contributed by atoms with van der Waals surface area (Å²) < 4.78 is 1.31. The molecule has 2 N–H and O–H groups in total. The number of amides is 1. The van der Waals surface area contributed by atoms with Gasteiger partial charge in [-0.25, -0.2) is 4.98 Å². The summed E-state index contributed by atoms with van der Waals surface area (Å²) in [5.41, 5.74) is -0.255. The van der Waals surface area contributed by atoms with Crippen LogP contribution in [-0.4, -0.2) is 33.1 Å². The molecule has 1 unspecified atom stereocenters. The van der Waals surface area contributed by atoms with E-state index in [1.807, 2.05) is 6.92 Å². The quantitative estimate of drug-likeness (QED) is 0.834. The van der Waals surface area contributed by atoms with Gasteiger partial charge in [0.2, 0.25) is 5.91 Å². The van der Waals surface area contributed by atoms with Crippen LogP contribution in [0, 0.1) is 6.92 Å². The molecule has 2 rings (SSSR count). The van der Waals surface area contributed by atoms with Crippen molar-refractivity contribution in [1.29, 1.82) is 0 Å². The number of carbonyl (C=O) groups excluding carboxylic acids is 1. The maximum absolute atomic E-state index is 12.5. The van der Waals surface area contributed by atoms with E-state index in [0.717, 1.165) is 4.88 Å². The van der Waals surface area contributed by atoms with Crippen LogP contribution in [0.3, 0.4) is 0 Å². The summed E-state index contributed by atoms with van der Waals surface area (Å²) in [5.74, 6) is -1.36. The van der Waals surface area contributed by atoms with Gasteiger partial charge >= 0.3 is 5.97 Å². The monoisotopic (exact) mass is 323 g/mol. The van der Waals surface area contributed by atoms with Gasteiger partial charge in [0.05, 0.1) is 18.1 Å². The predicted octanol–water partition coefficient (Wildman–Crippen LogP) is 1.31. The normalized spacial score (nSPS) is 12.3. The molecular formula is C14H17N3O4S. The van der Waals surface area contributed by atoms with E-state index in [0.29, 0.717) is 16.6 Å². The summed E-state index contributed by atoms with van der Waals surface area (Å²) in [6, 6.07) is 1.07. The Morgan fingerprint density at radius 1 is 1.50 bits per heavy atom. The van der Waals surface area contributed by atoms with Gasteiger partial charge < -0.3 is 10.4 Å². The summed E-state index contributed by atoms with van der Waals surface area (Å²) in [7, 11) is 0. The number of nitrogens with one attached hydrogen (secondary N) is 1. The van der Waals surface area contributed by atoms with E-state index in [-0.39, 0.29) is 24.4 Å². The molecule has 22 heavy (non-hydrogen) atoms. The van der Waals surface area contributed by atoms with Gasteiger partial charge in [-0.15, -0.1) is 11.3 Å². The molecule has 0 aliphatic rings. The van der Waals surface area contributed by atoms with Crippen LogP contribution in [0.5, 0.6) is 0 Å². The van der Waals surface area contributed by atoms with Crippen LogP contribution in [0.1, 0.15) is 30.7 Å². The van der Waals surface area contributed by atoms with Crippen molar-refractivity contribution >= 4 is 33.4 Å². The molecule has 0 aliphatic heterocycles. The lowest BCUT2D eigenvalue weighted by atomic mass is 10.2. The molecule has 0 bridgehead atoms. The molecule has 2 aromatic rings. The predicted molar refractivity (Wildman–Crippen MR) is 83.2 cm³/mol. The van der Waals surface area contributed by atoms with E-state index in [1.165, 1.54) is 22.2 Å². The molecule has 118 valence electrons. The Balaban J connectivity index is 2.27. The Labute approximate surface area is 130 Å². The van der Waals surface area contributed by atoms with Crippen molar-refractivity contribution in [3.05, 3.63) is 27.6 Å². The fourth-order valence-corrected chi connectivity index (χ4v) is 3.04. The number of aryl methyl sites for hydroxylation is 1. The second kappa shape index (κ2) is 6.69. The fraction of sp³-hybridized carbons (Fsp3) is 0.429. The van der Waals surface area contributed by atoms with E-state index in [1.54, 1.807) is 13.0 Å². The average Bonchev–Trinajstić information content (AvgIpc) is 2.83. The third-order valence-electron chi connectivity index (χ3n) is 3.26. The van der Waals surface area contributed by atoms with Crippen molar-refractivity contribution in [3.63, 3.8) is 0 Å². The SMILES string of the molecule is CCC(C(=O)NCCC(=O)O)n1cnc2sc(C)cc2c1=O. The van der Waals surface area contributed by atoms with Gasteiger partial charge in [-0.2, -0.15) is 0 Å². The first-order valence-electron chi connectivity index (χ1n) is 6.90. The first-order chi connectivity index (χ1) is 10.4. The van der Waals surface area contributed by atoms with Crippen molar-refractivity contribution in [2.75, 3.05) is 6.54 Å². The Morgan fingerprint density at radius 2 is 2.23 bits per heavy atom. The highest BCUT2D eigenvalue weighted by atomic mass is 32.1. The Hall–Kier alpha value is -2.22. The zero-order chi connectivity index (χ0) is 16.3. The molecule has 2 aromatic heterocycles. The van der Waals surface area contributed by atoms with Crippen LogP contribution in [0.25, 0.3) is 10.2 Å². The minimum atomic E-state index is -0.984. The molecule has 0 fully saturated rings. The zero-order valence-corrected chi connectivity index (χ0v) is 13.1. The fourth-order valence-electron chi connectivity index (χ4n) is 2.20. The first kappa shape index (κ1) is 16.2. The van der Waals surface area contributed by atoms with Crippen LogP contribution in [0.4, 0.5) is 0 Å². The molecule has 2 heterocycles. The molecule has 7 nitrogen and oxygen atoms in total. The number of rotatable bonds is 6. The molecule has 0 saturated heterocycles. The number of nitrogens with zero attached hydrogens (tertiary/aromatic N) is 2. The lowest BCUT2D eigenvalue weighted by Gasteiger charge is -2.17. The number of carbonyl (C=O) groups is 2. The van der Waals surface area contributed by atoms with Crippen LogP contribution in [-0.2, 0) is 9.59 Å². The van der Waals surface area contributed by atoms with Crippen molar-refractivity contribution in [2.45, 2.75) is 32.7 Å². The minimum absolute atomic E-state index is 0.0344. The van der Waals surface area contributed by atoms with Crippen molar-refractivity contribution < 1.29 is 14.7 Å². The van der Waals surface area contributed by atoms with Crippen molar-refractivity contribution in [2.24, 2.45) is 0 Å². The third kappa shape index (κ3) is 3.33. The van der Waals surface area contributed by atoms with Crippen molar-refractivity contribution in [1.82, 2.24) is 14.9 Å². The number of hydrogen-bond donors (Lipinski definition) is 2. The molecule has 0 radical (unpaired) electrons. The van der Waals surface area contributed by atoms with Gasteiger partial charge in [0.25, 0.3) is 5.56 Å². The van der Waals surface area contributed by atoms with Crippen LogP contribution in [0.2, 0.25) is 0 Å². The molecule has 0 aliphatic carbocycles. The highest BCUT2D eigenvalue weighted by molar-refractivity contribution is 7.18. The summed E-state index contributed by atoms with van der Waals surface area (Å²) >= 11 is 1.43. The Morgan fingerprint density at radius 3 is 2.86 bits per heavy atom. The number of hydrogen-bond acceptors (Lipinski definition) is 5. The van der Waals surface area contributed by atoms with E-state index < -0.39 is 12.0 Å². The van der Waals surface area contributed by atoms with E-state index in [2.05, 4.69) is 10.3 Å². The zero-order valence-electron chi connectivity index (χ0n) is 12.3. The smallest absolute Gasteiger partial charge is 0.305 e. The largest absolute Gasteiger partial charge is 0.481 e. The maximum Gasteiger partial charge on any atom is 0.305 e. The highest BCUT2D eigenvalue weighted by Crippen LogP contribution is 2.20. The molecule has 1 atom stereocenters. The van der Waals surface area contributed by atoms with Crippen LogP contribution >= 0.6 is 11.3 Å². The average molecular weight is 323 g/mol. The number of aromatic nitrogens is 2. The number of aliphatic carboxylic acids is 1. The van der Waals surface area contributed by atoms with E-state index in [9.17, 15) is 14.4 Å². The maximum atomic E-state index is 12.5. The standard InChI is InChI=1S/C14H17N3O4S/c1-3-10(12(20)15-5-4-11(18)19)17-7-16-13-9(14(17)21)6-8(2)22-13/h6-7,10H,3-5H2,1-2H3,(H,15,20)(H,18,19). The number of thiophene rings is 1. The van der Waals surface area contributed by atoms with Gasteiger partial charge in [-0.1, -0.05) is 6.92 Å². The molecule has 0 saturated carbocycles. The number of carboxylic acid groups (broad SMARTS) is 1. The topological polar surface area (TPSA) is 101 Å². The molecular weight excluding hydrogens is 306 g/mol.